The van der Waals surface area contributed by atoms with E-state index < -0.39 is 0 Å². The van der Waals surface area contributed by atoms with Crippen molar-refractivity contribution in [2.75, 3.05) is 44.2 Å². The van der Waals surface area contributed by atoms with Crippen LogP contribution in [0.25, 0.3) is 0 Å². The second kappa shape index (κ2) is 6.20. The number of rotatable bonds is 3. The van der Waals surface area contributed by atoms with Crippen LogP contribution in [-0.4, -0.2) is 76.2 Å². The van der Waals surface area contributed by atoms with Crippen LogP contribution in [0.2, 0.25) is 0 Å². The lowest BCUT2D eigenvalue weighted by Crippen LogP contribution is -2.64. The molecule has 126 valence electrons. The minimum atomic E-state index is -0.205. The molecule has 3 heterocycles. The molecule has 0 aliphatic carbocycles. The molecule has 2 aliphatic heterocycles. The number of benzene rings is 1. The molecule has 0 bridgehead atoms. The first kappa shape index (κ1) is 15.1. The molecule has 1 amide bonds. The first-order valence-corrected chi connectivity index (χ1v) is 8.10. The van der Waals surface area contributed by atoms with Gasteiger partial charge in [0, 0.05) is 51.0 Å². The number of piperazine rings is 1. The summed E-state index contributed by atoms with van der Waals surface area (Å²) in [6, 6.07) is 7.06. The highest BCUT2D eigenvalue weighted by Gasteiger charge is 2.37. The molecule has 0 atom stereocenters. The summed E-state index contributed by atoms with van der Waals surface area (Å²) < 4.78 is 13.0. The summed E-state index contributed by atoms with van der Waals surface area (Å²) in [5.74, 6) is 0.00615. The second-order valence-corrected chi connectivity index (χ2v) is 6.20. The topological polar surface area (TPSA) is 68.4 Å². The predicted octanol–water partition coefficient (Wildman–Crippen LogP) is 0.590. The summed E-state index contributed by atoms with van der Waals surface area (Å²) in [5, 5.41) is 6.32. The normalized spacial score (nSPS) is 19.4. The standard InChI is InChI=1S/C16H19FN6O/c17-12-1-3-13(4-2-12)21-5-7-22(8-6-21)14-9-23(10-14)16(24)15-18-11-19-20-15/h1-4,11,14H,5-10H2,(H,18,19,20). The van der Waals surface area contributed by atoms with Crippen LogP contribution in [-0.2, 0) is 0 Å². The van der Waals surface area contributed by atoms with Crippen molar-refractivity contribution in [2.24, 2.45) is 0 Å². The van der Waals surface area contributed by atoms with Gasteiger partial charge in [-0.25, -0.2) is 9.37 Å². The number of likely N-dealkylation sites (tertiary alicyclic amines) is 1. The van der Waals surface area contributed by atoms with E-state index in [4.69, 9.17) is 0 Å². The third-order valence-electron chi connectivity index (χ3n) is 4.79. The van der Waals surface area contributed by atoms with Gasteiger partial charge in [0.15, 0.2) is 0 Å². The van der Waals surface area contributed by atoms with Gasteiger partial charge < -0.3 is 9.80 Å². The van der Waals surface area contributed by atoms with E-state index in [1.54, 1.807) is 4.90 Å². The molecule has 2 aromatic rings. The van der Waals surface area contributed by atoms with E-state index >= 15 is 0 Å². The zero-order chi connectivity index (χ0) is 16.5. The fourth-order valence-electron chi connectivity index (χ4n) is 3.31. The number of hydrogen-bond donors (Lipinski definition) is 1. The summed E-state index contributed by atoms with van der Waals surface area (Å²) >= 11 is 0. The van der Waals surface area contributed by atoms with Crippen LogP contribution >= 0.6 is 0 Å². The van der Waals surface area contributed by atoms with Gasteiger partial charge in [-0.1, -0.05) is 0 Å². The van der Waals surface area contributed by atoms with Crippen LogP contribution in [0.4, 0.5) is 10.1 Å². The van der Waals surface area contributed by atoms with E-state index in [0.717, 1.165) is 45.0 Å². The zero-order valence-electron chi connectivity index (χ0n) is 13.2. The Morgan fingerprint density at radius 1 is 1.12 bits per heavy atom. The van der Waals surface area contributed by atoms with Crippen molar-refractivity contribution in [2.45, 2.75) is 6.04 Å². The Morgan fingerprint density at radius 3 is 2.46 bits per heavy atom. The van der Waals surface area contributed by atoms with Crippen LogP contribution < -0.4 is 4.90 Å². The second-order valence-electron chi connectivity index (χ2n) is 6.20. The Morgan fingerprint density at radius 2 is 1.83 bits per heavy atom. The Labute approximate surface area is 139 Å². The largest absolute Gasteiger partial charge is 0.369 e. The molecule has 2 fully saturated rings. The predicted molar refractivity (Wildman–Crippen MR) is 86.3 cm³/mol. The zero-order valence-corrected chi connectivity index (χ0v) is 13.2. The SMILES string of the molecule is O=C(c1ncn[nH]1)N1CC(N2CCN(c3ccc(F)cc3)CC2)C1. The van der Waals surface area contributed by atoms with Crippen molar-refractivity contribution < 1.29 is 9.18 Å². The Kier molecular flexibility index (Phi) is 3.89. The van der Waals surface area contributed by atoms with Gasteiger partial charge in [-0.15, -0.1) is 0 Å². The van der Waals surface area contributed by atoms with Crippen molar-refractivity contribution >= 4 is 11.6 Å². The summed E-state index contributed by atoms with van der Waals surface area (Å²) in [4.78, 5) is 22.5. The van der Waals surface area contributed by atoms with Crippen molar-refractivity contribution in [3.05, 3.63) is 42.2 Å². The fraction of sp³-hybridized carbons (Fsp3) is 0.438. The molecule has 8 heteroatoms. The quantitative estimate of drug-likeness (QED) is 0.892. The molecule has 7 nitrogen and oxygen atoms in total. The van der Waals surface area contributed by atoms with E-state index in [-0.39, 0.29) is 11.7 Å². The van der Waals surface area contributed by atoms with Gasteiger partial charge in [-0.05, 0) is 24.3 Å². The molecule has 1 aromatic carbocycles. The first-order chi connectivity index (χ1) is 11.7. The molecule has 2 aliphatic rings. The van der Waals surface area contributed by atoms with Gasteiger partial charge in [-0.2, -0.15) is 5.10 Å². The highest BCUT2D eigenvalue weighted by molar-refractivity contribution is 5.90. The molecule has 24 heavy (non-hydrogen) atoms. The van der Waals surface area contributed by atoms with E-state index in [0.29, 0.717) is 11.9 Å². The maximum Gasteiger partial charge on any atom is 0.291 e. The number of H-pyrrole nitrogens is 1. The number of aromatic amines is 1. The number of aromatic nitrogens is 3. The monoisotopic (exact) mass is 330 g/mol. The van der Waals surface area contributed by atoms with Crippen LogP contribution in [0.1, 0.15) is 10.6 Å². The molecular weight excluding hydrogens is 311 g/mol. The number of nitrogens with one attached hydrogen (secondary N) is 1. The summed E-state index contributed by atoms with van der Waals surface area (Å²) in [7, 11) is 0. The molecule has 4 rings (SSSR count). The molecule has 1 aromatic heterocycles. The highest BCUT2D eigenvalue weighted by atomic mass is 19.1. The smallest absolute Gasteiger partial charge is 0.291 e. The number of nitrogens with zero attached hydrogens (tertiary/aromatic N) is 5. The van der Waals surface area contributed by atoms with Gasteiger partial charge in [0.05, 0.1) is 0 Å². The summed E-state index contributed by atoms with van der Waals surface area (Å²) in [6.07, 6.45) is 1.35. The lowest BCUT2D eigenvalue weighted by Gasteiger charge is -2.48. The van der Waals surface area contributed by atoms with E-state index in [9.17, 15) is 9.18 Å². The number of hydrogen-bond acceptors (Lipinski definition) is 5. The van der Waals surface area contributed by atoms with Crippen molar-refractivity contribution in [3.63, 3.8) is 0 Å². The maximum absolute atomic E-state index is 13.0. The number of halogens is 1. The molecular formula is C16H19FN6O. The Balaban J connectivity index is 1.27. The number of anilines is 1. The molecule has 0 saturated carbocycles. The third kappa shape index (κ3) is 2.84. The Bertz CT molecular complexity index is 690. The lowest BCUT2D eigenvalue weighted by molar-refractivity contribution is 0.0237. The van der Waals surface area contributed by atoms with Crippen LogP contribution in [0.3, 0.4) is 0 Å². The average molecular weight is 330 g/mol. The molecule has 0 spiro atoms. The number of carbonyl (C=O) groups excluding carboxylic acids is 1. The fourth-order valence-corrected chi connectivity index (χ4v) is 3.31. The van der Waals surface area contributed by atoms with Crippen molar-refractivity contribution in [3.8, 4) is 0 Å². The van der Waals surface area contributed by atoms with Gasteiger partial charge >= 0.3 is 0 Å². The van der Waals surface area contributed by atoms with E-state index in [2.05, 4.69) is 25.0 Å². The lowest BCUT2D eigenvalue weighted by atomic mass is 10.1. The highest BCUT2D eigenvalue weighted by Crippen LogP contribution is 2.21. The van der Waals surface area contributed by atoms with E-state index in [1.807, 2.05) is 12.1 Å². The minimum Gasteiger partial charge on any atom is -0.369 e. The summed E-state index contributed by atoms with van der Waals surface area (Å²) in [5.41, 5.74) is 1.06. The number of carbonyl (C=O) groups is 1. The van der Waals surface area contributed by atoms with Crippen LogP contribution in [0.15, 0.2) is 30.6 Å². The molecule has 2 saturated heterocycles. The molecule has 0 radical (unpaired) electrons. The third-order valence-corrected chi connectivity index (χ3v) is 4.79. The van der Waals surface area contributed by atoms with Crippen molar-refractivity contribution in [1.82, 2.24) is 25.0 Å². The maximum atomic E-state index is 13.0. The van der Waals surface area contributed by atoms with Gasteiger partial charge in [-0.3, -0.25) is 14.8 Å². The average Bonchev–Trinajstić information content (AvgIpc) is 3.09. The molecule has 0 unspecified atom stereocenters. The van der Waals surface area contributed by atoms with Gasteiger partial charge in [0.1, 0.15) is 12.1 Å². The number of amides is 1. The Hall–Kier alpha value is -2.48. The van der Waals surface area contributed by atoms with Gasteiger partial charge in [0.2, 0.25) is 5.82 Å². The minimum absolute atomic E-state index is 0.0892. The van der Waals surface area contributed by atoms with Crippen LogP contribution in [0, 0.1) is 5.82 Å². The van der Waals surface area contributed by atoms with Gasteiger partial charge in [0.25, 0.3) is 5.91 Å². The van der Waals surface area contributed by atoms with Crippen molar-refractivity contribution in [1.29, 1.82) is 0 Å². The first-order valence-electron chi connectivity index (χ1n) is 8.10. The van der Waals surface area contributed by atoms with Crippen LogP contribution in [0.5, 0.6) is 0 Å². The summed E-state index contributed by atoms with van der Waals surface area (Å²) in [6.45, 7) is 5.20. The van der Waals surface area contributed by atoms with E-state index in [1.165, 1.54) is 18.5 Å². The molecule has 1 N–H and O–H groups in total.